The van der Waals surface area contributed by atoms with Crippen molar-refractivity contribution in [1.82, 2.24) is 5.32 Å². The first-order valence-corrected chi connectivity index (χ1v) is 6.22. The topological polar surface area (TPSA) is 92.5 Å². The van der Waals surface area contributed by atoms with Gasteiger partial charge in [-0.05, 0) is 32.4 Å². The van der Waals surface area contributed by atoms with Crippen molar-refractivity contribution in [2.24, 2.45) is 5.41 Å². The van der Waals surface area contributed by atoms with Crippen molar-refractivity contribution in [2.75, 3.05) is 13.1 Å². The van der Waals surface area contributed by atoms with Crippen molar-refractivity contribution in [1.29, 1.82) is 0 Å². The Morgan fingerprint density at radius 3 is 2.58 bits per heavy atom. The fraction of sp³-hybridized carbons (Fsp3) is 0.462. The fourth-order valence-corrected chi connectivity index (χ4v) is 2.57. The minimum Gasteiger partial charge on any atom is -0.481 e. The van der Waals surface area contributed by atoms with Crippen LogP contribution in [0.1, 0.15) is 18.4 Å². The Morgan fingerprint density at radius 1 is 1.37 bits per heavy atom. The van der Waals surface area contributed by atoms with Gasteiger partial charge in [-0.25, -0.2) is 0 Å². The lowest BCUT2D eigenvalue weighted by atomic mass is 9.74. The molecule has 1 aliphatic rings. The second-order valence-corrected chi connectivity index (χ2v) is 4.90. The Kier molecular flexibility index (Phi) is 3.80. The van der Waals surface area contributed by atoms with Crippen molar-refractivity contribution in [3.8, 4) is 0 Å². The highest BCUT2D eigenvalue weighted by Crippen LogP contribution is 2.35. The Hall–Kier alpha value is -1.95. The lowest BCUT2D eigenvalue weighted by Crippen LogP contribution is -2.43. The van der Waals surface area contributed by atoms with Crippen molar-refractivity contribution >= 4 is 11.7 Å². The number of carbonyl (C=O) groups is 1. The summed E-state index contributed by atoms with van der Waals surface area (Å²) in [6.45, 7) is 1.26. The van der Waals surface area contributed by atoms with E-state index in [9.17, 15) is 20.0 Å². The number of hydrogen-bond acceptors (Lipinski definition) is 4. The second kappa shape index (κ2) is 5.36. The van der Waals surface area contributed by atoms with E-state index in [0.717, 1.165) is 0 Å². The van der Waals surface area contributed by atoms with Crippen LogP contribution in [0.2, 0.25) is 0 Å². The number of piperidine rings is 1. The van der Waals surface area contributed by atoms with Gasteiger partial charge < -0.3 is 10.4 Å². The Balaban J connectivity index is 2.32. The summed E-state index contributed by atoms with van der Waals surface area (Å²) in [7, 11) is 0. The molecule has 0 saturated carbocycles. The lowest BCUT2D eigenvalue weighted by Gasteiger charge is -2.33. The number of rotatable bonds is 4. The summed E-state index contributed by atoms with van der Waals surface area (Å²) in [5.74, 6) is -0.868. The molecular formula is C13H16N2O4. The van der Waals surface area contributed by atoms with Gasteiger partial charge in [0.2, 0.25) is 0 Å². The number of nitrogens with one attached hydrogen (secondary N) is 1. The van der Waals surface area contributed by atoms with E-state index in [2.05, 4.69) is 5.32 Å². The van der Waals surface area contributed by atoms with E-state index in [1.807, 2.05) is 0 Å². The van der Waals surface area contributed by atoms with Gasteiger partial charge in [0, 0.05) is 11.6 Å². The highest BCUT2D eigenvalue weighted by atomic mass is 16.6. The molecule has 0 aliphatic carbocycles. The molecule has 0 aromatic heterocycles. The van der Waals surface area contributed by atoms with E-state index < -0.39 is 16.3 Å². The maximum absolute atomic E-state index is 11.6. The zero-order valence-corrected chi connectivity index (χ0v) is 10.5. The Bertz CT molecular complexity index is 495. The molecule has 1 aromatic carbocycles. The minimum atomic E-state index is -0.892. The monoisotopic (exact) mass is 264 g/mol. The standard InChI is InChI=1S/C13H16N2O4/c16-12(17)13(5-7-14-8-6-13)9-10-3-1-2-4-11(10)15(18)19/h1-4,14H,5-9H2,(H,16,17). The van der Waals surface area contributed by atoms with Gasteiger partial charge in [0.05, 0.1) is 10.3 Å². The first kappa shape index (κ1) is 13.5. The number of para-hydroxylation sites is 1. The first-order valence-electron chi connectivity index (χ1n) is 6.22. The van der Waals surface area contributed by atoms with Crippen LogP contribution in [0.4, 0.5) is 5.69 Å². The molecule has 0 amide bonds. The van der Waals surface area contributed by atoms with E-state index >= 15 is 0 Å². The fourth-order valence-electron chi connectivity index (χ4n) is 2.57. The zero-order valence-electron chi connectivity index (χ0n) is 10.5. The molecule has 19 heavy (non-hydrogen) atoms. The largest absolute Gasteiger partial charge is 0.481 e. The number of carboxylic acid groups (broad SMARTS) is 1. The molecule has 0 bridgehead atoms. The van der Waals surface area contributed by atoms with Crippen LogP contribution in [0.5, 0.6) is 0 Å². The predicted molar refractivity (Wildman–Crippen MR) is 69.0 cm³/mol. The molecule has 0 atom stereocenters. The van der Waals surface area contributed by atoms with Gasteiger partial charge in [0.25, 0.3) is 5.69 Å². The van der Waals surface area contributed by atoms with Crippen LogP contribution in [0.25, 0.3) is 0 Å². The summed E-state index contributed by atoms with van der Waals surface area (Å²) >= 11 is 0. The van der Waals surface area contributed by atoms with Crippen molar-refractivity contribution in [3.63, 3.8) is 0 Å². The predicted octanol–water partition coefficient (Wildman–Crippen LogP) is 1.59. The third-order valence-electron chi connectivity index (χ3n) is 3.73. The van der Waals surface area contributed by atoms with Gasteiger partial charge in [-0.3, -0.25) is 14.9 Å². The molecule has 6 nitrogen and oxygen atoms in total. The van der Waals surface area contributed by atoms with Crippen LogP contribution in [0.15, 0.2) is 24.3 Å². The summed E-state index contributed by atoms with van der Waals surface area (Å²) in [6, 6.07) is 6.37. The van der Waals surface area contributed by atoms with Crippen LogP contribution in [-0.2, 0) is 11.2 Å². The number of aliphatic carboxylic acids is 1. The average molecular weight is 264 g/mol. The zero-order chi connectivity index (χ0) is 13.9. The number of nitro groups is 1. The Morgan fingerprint density at radius 2 is 2.00 bits per heavy atom. The lowest BCUT2D eigenvalue weighted by molar-refractivity contribution is -0.385. The molecule has 1 aliphatic heterocycles. The van der Waals surface area contributed by atoms with Gasteiger partial charge >= 0.3 is 5.97 Å². The molecular weight excluding hydrogens is 248 g/mol. The van der Waals surface area contributed by atoms with Gasteiger partial charge in [-0.2, -0.15) is 0 Å². The summed E-state index contributed by atoms with van der Waals surface area (Å²) < 4.78 is 0. The van der Waals surface area contributed by atoms with E-state index in [1.54, 1.807) is 18.2 Å². The van der Waals surface area contributed by atoms with Crippen LogP contribution < -0.4 is 5.32 Å². The number of hydrogen-bond donors (Lipinski definition) is 2. The molecule has 6 heteroatoms. The van der Waals surface area contributed by atoms with Crippen molar-refractivity contribution in [3.05, 3.63) is 39.9 Å². The molecule has 102 valence electrons. The maximum atomic E-state index is 11.6. The van der Waals surface area contributed by atoms with Crippen LogP contribution in [-0.4, -0.2) is 29.1 Å². The molecule has 0 unspecified atom stereocenters. The molecule has 0 spiro atoms. The number of nitrogens with zero attached hydrogens (tertiary/aromatic N) is 1. The minimum absolute atomic E-state index is 0.00153. The van der Waals surface area contributed by atoms with Gasteiger partial charge in [0.15, 0.2) is 0 Å². The third-order valence-corrected chi connectivity index (χ3v) is 3.73. The van der Waals surface area contributed by atoms with Gasteiger partial charge in [-0.1, -0.05) is 18.2 Å². The van der Waals surface area contributed by atoms with Gasteiger partial charge in [0.1, 0.15) is 0 Å². The molecule has 2 rings (SSSR count). The number of carboxylic acids is 1. The Labute approximate surface area is 110 Å². The molecule has 1 heterocycles. The SMILES string of the molecule is O=C(O)C1(Cc2ccccc2[N+](=O)[O-])CCNCC1. The highest BCUT2D eigenvalue weighted by molar-refractivity contribution is 5.75. The highest BCUT2D eigenvalue weighted by Gasteiger charge is 2.40. The first-order chi connectivity index (χ1) is 9.05. The van der Waals surface area contributed by atoms with Crippen LogP contribution in [0.3, 0.4) is 0 Å². The van der Waals surface area contributed by atoms with Gasteiger partial charge in [-0.15, -0.1) is 0 Å². The van der Waals surface area contributed by atoms with Crippen LogP contribution in [0, 0.1) is 15.5 Å². The van der Waals surface area contributed by atoms with E-state index in [1.165, 1.54) is 6.07 Å². The average Bonchev–Trinajstić information content (AvgIpc) is 2.40. The third kappa shape index (κ3) is 2.73. The molecule has 0 radical (unpaired) electrons. The van der Waals surface area contributed by atoms with E-state index in [0.29, 0.717) is 31.5 Å². The molecule has 1 fully saturated rings. The quantitative estimate of drug-likeness (QED) is 0.636. The second-order valence-electron chi connectivity index (χ2n) is 4.90. The van der Waals surface area contributed by atoms with Crippen LogP contribution >= 0.6 is 0 Å². The summed E-state index contributed by atoms with van der Waals surface area (Å²) in [6.07, 6.45) is 1.20. The van der Waals surface area contributed by atoms with E-state index in [-0.39, 0.29) is 12.1 Å². The molecule has 1 aromatic rings. The summed E-state index contributed by atoms with van der Waals surface area (Å²) in [5, 5.41) is 23.6. The number of benzene rings is 1. The number of nitro benzene ring substituents is 1. The van der Waals surface area contributed by atoms with Crippen molar-refractivity contribution < 1.29 is 14.8 Å². The molecule has 1 saturated heterocycles. The van der Waals surface area contributed by atoms with E-state index in [4.69, 9.17) is 0 Å². The smallest absolute Gasteiger partial charge is 0.310 e. The molecule has 2 N–H and O–H groups in total. The van der Waals surface area contributed by atoms with Crippen molar-refractivity contribution in [2.45, 2.75) is 19.3 Å². The summed E-state index contributed by atoms with van der Waals surface area (Å²) in [4.78, 5) is 22.1. The maximum Gasteiger partial charge on any atom is 0.310 e. The normalized spacial score (nSPS) is 17.9. The summed E-state index contributed by atoms with van der Waals surface area (Å²) in [5.41, 5.74) is -0.393.